The third-order valence-electron chi connectivity index (χ3n) is 2.04. The molecule has 0 aliphatic carbocycles. The molecule has 0 aliphatic rings. The van der Waals surface area contributed by atoms with Crippen LogP contribution in [0.2, 0.25) is 0 Å². The molecule has 0 bridgehead atoms. The summed E-state index contributed by atoms with van der Waals surface area (Å²) in [6.45, 7) is 5.88. The quantitative estimate of drug-likeness (QED) is 0.505. The van der Waals surface area contributed by atoms with Gasteiger partial charge < -0.3 is 20.9 Å². The van der Waals surface area contributed by atoms with Crippen molar-refractivity contribution in [1.82, 2.24) is 0 Å². The van der Waals surface area contributed by atoms with E-state index >= 15 is 0 Å². The predicted molar refractivity (Wildman–Crippen MR) is 62.8 cm³/mol. The van der Waals surface area contributed by atoms with Crippen LogP contribution >= 0.6 is 0 Å². The van der Waals surface area contributed by atoms with Gasteiger partial charge in [-0.25, -0.2) is 0 Å². The summed E-state index contributed by atoms with van der Waals surface area (Å²) in [5.74, 6) is 0. The molecule has 4 heteroatoms. The highest BCUT2D eigenvalue weighted by Gasteiger charge is 1.94. The van der Waals surface area contributed by atoms with Crippen LogP contribution in [0.5, 0.6) is 0 Å². The van der Waals surface area contributed by atoms with Crippen molar-refractivity contribution in [1.29, 1.82) is 0 Å². The first-order chi connectivity index (χ1) is 7.27. The van der Waals surface area contributed by atoms with Gasteiger partial charge in [0.1, 0.15) is 0 Å². The highest BCUT2D eigenvalue weighted by atomic mass is 16.5. The van der Waals surface area contributed by atoms with E-state index in [2.05, 4.69) is 0 Å². The molecule has 4 N–H and O–H groups in total. The van der Waals surface area contributed by atoms with Crippen molar-refractivity contribution in [2.24, 2.45) is 11.5 Å². The van der Waals surface area contributed by atoms with Gasteiger partial charge in [-0.1, -0.05) is 0 Å². The van der Waals surface area contributed by atoms with E-state index in [9.17, 15) is 0 Å². The molecule has 0 aromatic carbocycles. The molecule has 0 radical (unpaired) electrons. The second kappa shape index (κ2) is 11.9. The highest BCUT2D eigenvalue weighted by Crippen LogP contribution is 1.94. The molecular formula is C11H26N2O2. The molecule has 0 spiro atoms. The van der Waals surface area contributed by atoms with Crippen LogP contribution in [0, 0.1) is 0 Å². The Bertz CT molecular complexity index is 121. The Hall–Kier alpha value is -0.160. The monoisotopic (exact) mass is 218 g/mol. The van der Waals surface area contributed by atoms with Crippen molar-refractivity contribution in [2.75, 3.05) is 33.0 Å². The summed E-state index contributed by atoms with van der Waals surface area (Å²) >= 11 is 0. The van der Waals surface area contributed by atoms with Crippen LogP contribution in [0.25, 0.3) is 0 Å². The fraction of sp³-hybridized carbons (Fsp3) is 1.00. The van der Waals surface area contributed by atoms with E-state index in [1.807, 2.05) is 6.92 Å². The van der Waals surface area contributed by atoms with Crippen LogP contribution in [0.1, 0.15) is 32.6 Å². The fourth-order valence-electron chi connectivity index (χ4n) is 1.07. The molecule has 0 rings (SSSR count). The summed E-state index contributed by atoms with van der Waals surface area (Å²) < 4.78 is 10.8. The van der Waals surface area contributed by atoms with Crippen molar-refractivity contribution in [3.8, 4) is 0 Å². The van der Waals surface area contributed by atoms with Crippen LogP contribution in [0.3, 0.4) is 0 Å². The van der Waals surface area contributed by atoms with E-state index < -0.39 is 0 Å². The smallest absolute Gasteiger partial charge is 0.0480 e. The lowest BCUT2D eigenvalue weighted by Crippen LogP contribution is -2.17. The minimum absolute atomic E-state index is 0.240. The van der Waals surface area contributed by atoms with Gasteiger partial charge in [0.25, 0.3) is 0 Å². The lowest BCUT2D eigenvalue weighted by molar-refractivity contribution is 0.0997. The number of rotatable bonds is 11. The lowest BCUT2D eigenvalue weighted by Gasteiger charge is -2.06. The zero-order valence-electron chi connectivity index (χ0n) is 9.91. The summed E-state index contributed by atoms with van der Waals surface area (Å²) in [4.78, 5) is 0. The molecular weight excluding hydrogens is 192 g/mol. The van der Waals surface area contributed by atoms with E-state index in [1.54, 1.807) is 0 Å². The zero-order chi connectivity index (χ0) is 11.4. The van der Waals surface area contributed by atoms with E-state index in [4.69, 9.17) is 20.9 Å². The predicted octanol–water partition coefficient (Wildman–Crippen LogP) is 0.886. The van der Waals surface area contributed by atoms with Crippen LogP contribution in [-0.4, -0.2) is 39.0 Å². The summed E-state index contributed by atoms with van der Waals surface area (Å²) in [5.41, 5.74) is 10.9. The molecule has 0 saturated carbocycles. The fourth-order valence-corrected chi connectivity index (χ4v) is 1.07. The van der Waals surface area contributed by atoms with Gasteiger partial charge in [0.2, 0.25) is 0 Å². The number of unbranched alkanes of at least 4 members (excludes halogenated alkanes) is 1. The van der Waals surface area contributed by atoms with E-state index in [1.165, 1.54) is 0 Å². The van der Waals surface area contributed by atoms with Crippen molar-refractivity contribution in [3.05, 3.63) is 0 Å². The average Bonchev–Trinajstić information content (AvgIpc) is 2.20. The second-order valence-electron chi connectivity index (χ2n) is 3.84. The van der Waals surface area contributed by atoms with Gasteiger partial charge >= 0.3 is 0 Å². The first-order valence-corrected chi connectivity index (χ1v) is 5.88. The van der Waals surface area contributed by atoms with Gasteiger partial charge in [-0.15, -0.1) is 0 Å². The van der Waals surface area contributed by atoms with Gasteiger partial charge in [0.05, 0.1) is 0 Å². The standard InChI is InChI=1S/C11H26N2O2/c1-11(13)5-10-15-8-3-2-7-14-9-4-6-12/h11H,2-10,12-13H2,1H3. The lowest BCUT2D eigenvalue weighted by atomic mass is 10.3. The Morgan fingerprint density at radius 2 is 1.47 bits per heavy atom. The normalized spacial score (nSPS) is 13.0. The number of ether oxygens (including phenoxy) is 2. The molecule has 0 aromatic heterocycles. The first-order valence-electron chi connectivity index (χ1n) is 5.88. The summed E-state index contributed by atoms with van der Waals surface area (Å²) in [6, 6.07) is 0.240. The summed E-state index contributed by atoms with van der Waals surface area (Å²) in [6.07, 6.45) is 4.00. The topological polar surface area (TPSA) is 70.5 Å². The maximum Gasteiger partial charge on any atom is 0.0480 e. The molecule has 0 amide bonds. The third kappa shape index (κ3) is 13.8. The van der Waals surface area contributed by atoms with Gasteiger partial charge in [0.15, 0.2) is 0 Å². The van der Waals surface area contributed by atoms with Gasteiger partial charge in [0, 0.05) is 32.5 Å². The van der Waals surface area contributed by atoms with Crippen LogP contribution in [0.15, 0.2) is 0 Å². The number of nitrogens with two attached hydrogens (primary N) is 2. The maximum atomic E-state index is 5.59. The molecule has 0 aliphatic heterocycles. The Balaban J connectivity index is 2.87. The van der Waals surface area contributed by atoms with Gasteiger partial charge in [-0.05, 0) is 39.2 Å². The maximum absolute atomic E-state index is 5.59. The largest absolute Gasteiger partial charge is 0.381 e. The summed E-state index contributed by atoms with van der Waals surface area (Å²) in [5, 5.41) is 0. The number of hydrogen-bond donors (Lipinski definition) is 2. The Kier molecular flexibility index (Phi) is 11.8. The molecule has 92 valence electrons. The molecule has 0 fully saturated rings. The summed E-state index contributed by atoms with van der Waals surface area (Å²) in [7, 11) is 0. The molecule has 4 nitrogen and oxygen atoms in total. The Labute approximate surface area is 93.3 Å². The minimum atomic E-state index is 0.240. The van der Waals surface area contributed by atoms with Crippen LogP contribution in [-0.2, 0) is 9.47 Å². The molecule has 1 atom stereocenters. The van der Waals surface area contributed by atoms with E-state index in [-0.39, 0.29) is 6.04 Å². The van der Waals surface area contributed by atoms with E-state index in [0.717, 1.165) is 52.1 Å². The van der Waals surface area contributed by atoms with Gasteiger partial charge in [-0.2, -0.15) is 0 Å². The van der Waals surface area contributed by atoms with Crippen molar-refractivity contribution in [2.45, 2.75) is 38.6 Å². The Morgan fingerprint density at radius 1 is 0.933 bits per heavy atom. The van der Waals surface area contributed by atoms with Crippen LogP contribution in [0.4, 0.5) is 0 Å². The van der Waals surface area contributed by atoms with E-state index in [0.29, 0.717) is 6.54 Å². The van der Waals surface area contributed by atoms with Gasteiger partial charge in [-0.3, -0.25) is 0 Å². The molecule has 0 saturated heterocycles. The molecule has 0 heterocycles. The van der Waals surface area contributed by atoms with Crippen molar-refractivity contribution < 1.29 is 9.47 Å². The second-order valence-corrected chi connectivity index (χ2v) is 3.84. The Morgan fingerprint density at radius 3 is 2.00 bits per heavy atom. The SMILES string of the molecule is CC(N)CCOCCCCOCCCN. The average molecular weight is 218 g/mol. The third-order valence-corrected chi connectivity index (χ3v) is 2.04. The highest BCUT2D eigenvalue weighted by molar-refractivity contribution is 4.50. The zero-order valence-corrected chi connectivity index (χ0v) is 9.91. The van der Waals surface area contributed by atoms with Crippen molar-refractivity contribution in [3.63, 3.8) is 0 Å². The molecule has 15 heavy (non-hydrogen) atoms. The van der Waals surface area contributed by atoms with Crippen molar-refractivity contribution >= 4 is 0 Å². The molecule has 0 aromatic rings. The number of hydrogen-bond acceptors (Lipinski definition) is 4. The molecule has 1 unspecified atom stereocenters. The van der Waals surface area contributed by atoms with Crippen LogP contribution < -0.4 is 11.5 Å². The first kappa shape index (κ1) is 14.8. The minimum Gasteiger partial charge on any atom is -0.381 e.